The third-order valence-corrected chi connectivity index (χ3v) is 4.60. The molecule has 0 spiro atoms. The fourth-order valence-electron chi connectivity index (χ4n) is 3.50. The molecule has 0 aliphatic carbocycles. The van der Waals surface area contributed by atoms with Crippen molar-refractivity contribution in [1.29, 1.82) is 0 Å². The van der Waals surface area contributed by atoms with Gasteiger partial charge in [0, 0.05) is 32.3 Å². The Labute approximate surface area is 120 Å². The van der Waals surface area contributed by atoms with Crippen molar-refractivity contribution in [3.8, 4) is 0 Å². The van der Waals surface area contributed by atoms with Crippen LogP contribution in [0.5, 0.6) is 0 Å². The van der Waals surface area contributed by atoms with Gasteiger partial charge in [0.2, 0.25) is 0 Å². The largest absolute Gasteiger partial charge is 0.381 e. The summed E-state index contributed by atoms with van der Waals surface area (Å²) in [5, 5.41) is 8.90. The third-order valence-electron chi connectivity index (χ3n) is 4.60. The van der Waals surface area contributed by atoms with E-state index in [1.807, 2.05) is 6.92 Å². The quantitative estimate of drug-likeness (QED) is 0.849. The van der Waals surface area contributed by atoms with E-state index in [9.17, 15) is 0 Å². The maximum atomic E-state index is 5.52. The van der Waals surface area contributed by atoms with Crippen molar-refractivity contribution in [1.82, 2.24) is 14.8 Å². The standard InChI is InChI=1S/C15H25N3O2/c1-2-19-11-14-16-17-15-13(5-3-4-8-18(14)15)12-6-9-20-10-7-12/h12-13H,2-11H2,1H3. The molecule has 1 aromatic rings. The summed E-state index contributed by atoms with van der Waals surface area (Å²) in [4.78, 5) is 0. The minimum atomic E-state index is 0.560. The normalized spacial score (nSPS) is 24.4. The summed E-state index contributed by atoms with van der Waals surface area (Å²) < 4.78 is 13.3. The van der Waals surface area contributed by atoms with Gasteiger partial charge in [0.1, 0.15) is 12.4 Å². The SMILES string of the molecule is CCOCc1nnc2n1CCCCC2C1CCOCC1. The summed E-state index contributed by atoms with van der Waals surface area (Å²) in [5.74, 6) is 3.47. The van der Waals surface area contributed by atoms with Crippen molar-refractivity contribution < 1.29 is 9.47 Å². The van der Waals surface area contributed by atoms with Gasteiger partial charge in [-0.15, -0.1) is 10.2 Å². The first-order valence-electron chi connectivity index (χ1n) is 7.97. The van der Waals surface area contributed by atoms with E-state index in [2.05, 4.69) is 14.8 Å². The van der Waals surface area contributed by atoms with Crippen LogP contribution in [-0.4, -0.2) is 34.6 Å². The van der Waals surface area contributed by atoms with Crippen LogP contribution in [0, 0.1) is 5.92 Å². The van der Waals surface area contributed by atoms with Crippen LogP contribution in [0.15, 0.2) is 0 Å². The Morgan fingerprint density at radius 3 is 2.85 bits per heavy atom. The number of hydrogen-bond acceptors (Lipinski definition) is 4. The van der Waals surface area contributed by atoms with E-state index in [4.69, 9.17) is 9.47 Å². The van der Waals surface area contributed by atoms with Crippen molar-refractivity contribution in [2.24, 2.45) is 5.92 Å². The first kappa shape index (κ1) is 14.0. The van der Waals surface area contributed by atoms with Crippen LogP contribution >= 0.6 is 0 Å². The Bertz CT molecular complexity index is 427. The molecule has 20 heavy (non-hydrogen) atoms. The smallest absolute Gasteiger partial charge is 0.159 e. The fourth-order valence-corrected chi connectivity index (χ4v) is 3.50. The van der Waals surface area contributed by atoms with E-state index in [1.165, 1.54) is 37.9 Å². The molecule has 0 aromatic carbocycles. The Morgan fingerprint density at radius 1 is 1.20 bits per heavy atom. The highest BCUT2D eigenvalue weighted by Gasteiger charge is 2.31. The highest BCUT2D eigenvalue weighted by atomic mass is 16.5. The molecule has 1 atom stereocenters. The molecule has 2 aliphatic heterocycles. The molecule has 0 amide bonds. The van der Waals surface area contributed by atoms with Crippen LogP contribution in [0.1, 0.15) is 56.6 Å². The average molecular weight is 279 g/mol. The van der Waals surface area contributed by atoms with Gasteiger partial charge >= 0.3 is 0 Å². The molecular formula is C15H25N3O2. The fraction of sp³-hybridized carbons (Fsp3) is 0.867. The lowest BCUT2D eigenvalue weighted by Crippen LogP contribution is -2.24. The average Bonchev–Trinajstić information content (AvgIpc) is 2.76. The summed E-state index contributed by atoms with van der Waals surface area (Å²) in [6.45, 7) is 6.19. The summed E-state index contributed by atoms with van der Waals surface area (Å²) in [6.07, 6.45) is 6.09. The Morgan fingerprint density at radius 2 is 2.05 bits per heavy atom. The lowest BCUT2D eigenvalue weighted by atomic mass is 9.82. The van der Waals surface area contributed by atoms with Crippen molar-refractivity contribution in [2.45, 2.75) is 58.1 Å². The molecule has 1 unspecified atom stereocenters. The number of aromatic nitrogens is 3. The molecule has 0 radical (unpaired) electrons. The number of fused-ring (bicyclic) bond motifs is 1. The molecule has 112 valence electrons. The second-order valence-electron chi connectivity index (χ2n) is 5.82. The predicted octanol–water partition coefficient (Wildman–Crippen LogP) is 2.51. The van der Waals surface area contributed by atoms with Crippen molar-refractivity contribution in [3.63, 3.8) is 0 Å². The highest BCUT2D eigenvalue weighted by molar-refractivity contribution is 5.06. The van der Waals surface area contributed by atoms with Gasteiger partial charge < -0.3 is 14.0 Å². The molecular weight excluding hydrogens is 254 g/mol. The monoisotopic (exact) mass is 279 g/mol. The number of rotatable bonds is 4. The first-order chi connectivity index (χ1) is 9.90. The van der Waals surface area contributed by atoms with Gasteiger partial charge in [-0.1, -0.05) is 6.42 Å². The molecule has 2 aliphatic rings. The van der Waals surface area contributed by atoms with Crippen LogP contribution in [0.25, 0.3) is 0 Å². The maximum absolute atomic E-state index is 5.52. The van der Waals surface area contributed by atoms with Crippen LogP contribution in [0.3, 0.4) is 0 Å². The molecule has 5 heteroatoms. The summed E-state index contributed by atoms with van der Waals surface area (Å²) in [7, 11) is 0. The number of ether oxygens (including phenoxy) is 2. The zero-order valence-corrected chi connectivity index (χ0v) is 12.4. The molecule has 3 heterocycles. The van der Waals surface area contributed by atoms with E-state index in [-0.39, 0.29) is 0 Å². The summed E-state index contributed by atoms with van der Waals surface area (Å²) in [5.41, 5.74) is 0. The minimum Gasteiger partial charge on any atom is -0.381 e. The molecule has 3 rings (SSSR count). The third kappa shape index (κ3) is 2.88. The van der Waals surface area contributed by atoms with Gasteiger partial charge in [-0.2, -0.15) is 0 Å². The minimum absolute atomic E-state index is 0.560. The van der Waals surface area contributed by atoms with Gasteiger partial charge in [0.05, 0.1) is 0 Å². The lowest BCUT2D eigenvalue weighted by Gasteiger charge is -2.28. The number of hydrogen-bond donors (Lipinski definition) is 0. The summed E-state index contributed by atoms with van der Waals surface area (Å²) >= 11 is 0. The van der Waals surface area contributed by atoms with Crippen LogP contribution < -0.4 is 0 Å². The van der Waals surface area contributed by atoms with E-state index in [0.717, 1.165) is 32.2 Å². The molecule has 1 saturated heterocycles. The van der Waals surface area contributed by atoms with Crippen molar-refractivity contribution in [2.75, 3.05) is 19.8 Å². The molecule has 0 saturated carbocycles. The van der Waals surface area contributed by atoms with Crippen LogP contribution in [0.2, 0.25) is 0 Å². The topological polar surface area (TPSA) is 49.2 Å². The molecule has 1 fully saturated rings. The second kappa shape index (κ2) is 6.68. The number of nitrogens with zero attached hydrogens (tertiary/aromatic N) is 3. The zero-order valence-electron chi connectivity index (χ0n) is 12.4. The van der Waals surface area contributed by atoms with Crippen LogP contribution in [0.4, 0.5) is 0 Å². The van der Waals surface area contributed by atoms with E-state index in [1.54, 1.807) is 0 Å². The Balaban J connectivity index is 1.81. The van der Waals surface area contributed by atoms with Gasteiger partial charge in [-0.3, -0.25) is 0 Å². The van der Waals surface area contributed by atoms with E-state index in [0.29, 0.717) is 18.4 Å². The summed E-state index contributed by atoms with van der Waals surface area (Å²) in [6, 6.07) is 0. The molecule has 0 N–H and O–H groups in total. The van der Waals surface area contributed by atoms with Crippen molar-refractivity contribution in [3.05, 3.63) is 11.6 Å². The van der Waals surface area contributed by atoms with Gasteiger partial charge in [0.15, 0.2) is 5.82 Å². The van der Waals surface area contributed by atoms with Gasteiger partial charge in [0.25, 0.3) is 0 Å². The molecule has 5 nitrogen and oxygen atoms in total. The van der Waals surface area contributed by atoms with Crippen LogP contribution in [-0.2, 0) is 22.6 Å². The van der Waals surface area contributed by atoms with Gasteiger partial charge in [-0.05, 0) is 38.5 Å². The van der Waals surface area contributed by atoms with E-state index >= 15 is 0 Å². The van der Waals surface area contributed by atoms with Gasteiger partial charge in [-0.25, -0.2) is 0 Å². The van der Waals surface area contributed by atoms with Crippen molar-refractivity contribution >= 4 is 0 Å². The lowest BCUT2D eigenvalue weighted by molar-refractivity contribution is 0.0556. The van der Waals surface area contributed by atoms with E-state index < -0.39 is 0 Å². The molecule has 1 aromatic heterocycles. The highest BCUT2D eigenvalue weighted by Crippen LogP contribution is 2.37. The Kier molecular flexibility index (Phi) is 4.68. The first-order valence-corrected chi connectivity index (χ1v) is 7.97. The maximum Gasteiger partial charge on any atom is 0.159 e. The molecule has 0 bridgehead atoms. The predicted molar refractivity (Wildman–Crippen MR) is 75.5 cm³/mol. The second-order valence-corrected chi connectivity index (χ2v) is 5.82. The zero-order chi connectivity index (χ0) is 13.8. The Hall–Kier alpha value is -0.940.